The molecule has 0 amide bonds. The van der Waals surface area contributed by atoms with E-state index in [-0.39, 0.29) is 29.7 Å². The lowest BCUT2D eigenvalue weighted by atomic mass is 10.1. The molecule has 0 aliphatic carbocycles. The largest absolute Gasteiger partial charge is 0.462 e. The van der Waals surface area contributed by atoms with Crippen molar-refractivity contribution >= 4 is 21.9 Å². The molecule has 1 aromatic heterocycles. The third-order valence-electron chi connectivity index (χ3n) is 4.30. The fourth-order valence-electron chi connectivity index (χ4n) is 2.88. The molecule has 1 saturated heterocycles. The highest BCUT2D eigenvalue weighted by atomic mass is 32.2. The average molecular weight is 365 g/mol. The lowest BCUT2D eigenvalue weighted by Gasteiger charge is -2.11. The minimum absolute atomic E-state index is 0.0717. The van der Waals surface area contributed by atoms with Gasteiger partial charge < -0.3 is 4.74 Å². The number of nitriles is 1. The topological polar surface area (TPSA) is 102 Å². The zero-order valence-electron chi connectivity index (χ0n) is 14.8. The summed E-state index contributed by atoms with van der Waals surface area (Å²) in [5.74, 6) is -0.414. The third-order valence-corrected chi connectivity index (χ3v) is 6.05. The van der Waals surface area contributed by atoms with Crippen LogP contribution in [0.4, 0.5) is 0 Å². The first-order valence-electron chi connectivity index (χ1n) is 8.34. The first-order valence-corrected chi connectivity index (χ1v) is 10.2. The SMILES string of the molecule is CCCCOC(=O)/C(C#N)=C/c1c(C)nn([C@H]2CCS(=O)(=O)C2)c1C. The molecule has 2 heterocycles. The highest BCUT2D eigenvalue weighted by molar-refractivity contribution is 7.91. The molecule has 1 aromatic rings. The number of carbonyl (C=O) groups is 1. The first kappa shape index (κ1) is 19.2. The van der Waals surface area contributed by atoms with E-state index in [2.05, 4.69) is 5.10 Å². The quantitative estimate of drug-likeness (QED) is 0.331. The van der Waals surface area contributed by atoms with E-state index in [1.807, 2.05) is 19.9 Å². The van der Waals surface area contributed by atoms with E-state index in [0.29, 0.717) is 17.7 Å². The van der Waals surface area contributed by atoms with Crippen LogP contribution in [0.15, 0.2) is 5.57 Å². The smallest absolute Gasteiger partial charge is 0.348 e. The van der Waals surface area contributed by atoms with Crippen molar-refractivity contribution in [2.24, 2.45) is 0 Å². The van der Waals surface area contributed by atoms with E-state index in [4.69, 9.17) is 4.74 Å². The summed E-state index contributed by atoms with van der Waals surface area (Å²) in [6.45, 7) is 5.86. The number of hydrogen-bond acceptors (Lipinski definition) is 6. The maximum atomic E-state index is 12.0. The second kappa shape index (κ2) is 7.83. The van der Waals surface area contributed by atoms with Crippen molar-refractivity contribution < 1.29 is 17.9 Å². The lowest BCUT2D eigenvalue weighted by molar-refractivity contribution is -0.138. The zero-order chi connectivity index (χ0) is 18.6. The Hall–Kier alpha value is -2.14. The summed E-state index contributed by atoms with van der Waals surface area (Å²) in [5, 5.41) is 13.7. The number of rotatable bonds is 6. The second-order valence-corrected chi connectivity index (χ2v) is 8.47. The molecule has 1 fully saturated rings. The minimum atomic E-state index is -3.02. The van der Waals surface area contributed by atoms with Gasteiger partial charge in [-0.15, -0.1) is 0 Å². The Labute approximate surface area is 148 Å². The summed E-state index contributed by atoms with van der Waals surface area (Å²) < 4.78 is 30.2. The highest BCUT2D eigenvalue weighted by Gasteiger charge is 2.31. The first-order chi connectivity index (χ1) is 11.8. The standard InChI is InChI=1S/C17H23N3O4S/c1-4-5-7-24-17(21)14(10-18)9-16-12(2)19-20(13(16)3)15-6-8-25(22,23)11-15/h9,15H,4-8,11H2,1-3H3/b14-9+/t15-/m0/s1. The Morgan fingerprint density at radius 1 is 1.48 bits per heavy atom. The summed E-state index contributed by atoms with van der Waals surface area (Å²) >= 11 is 0. The van der Waals surface area contributed by atoms with E-state index < -0.39 is 15.8 Å². The van der Waals surface area contributed by atoms with Crippen LogP contribution in [0.5, 0.6) is 0 Å². The predicted octanol–water partition coefficient (Wildman–Crippen LogP) is 2.11. The van der Waals surface area contributed by atoms with Gasteiger partial charge in [-0.3, -0.25) is 4.68 Å². The van der Waals surface area contributed by atoms with Gasteiger partial charge in [0.15, 0.2) is 9.84 Å². The molecule has 0 N–H and O–H groups in total. The van der Waals surface area contributed by atoms with Crippen molar-refractivity contribution in [3.63, 3.8) is 0 Å². The lowest BCUT2D eigenvalue weighted by Crippen LogP contribution is -2.14. The minimum Gasteiger partial charge on any atom is -0.462 e. The molecular weight excluding hydrogens is 342 g/mol. The predicted molar refractivity (Wildman–Crippen MR) is 93.5 cm³/mol. The number of unbranched alkanes of at least 4 members (excludes halogenated alkanes) is 1. The number of esters is 1. The number of aromatic nitrogens is 2. The van der Waals surface area contributed by atoms with Crippen molar-refractivity contribution in [2.45, 2.75) is 46.1 Å². The fraction of sp³-hybridized carbons (Fsp3) is 0.588. The summed E-state index contributed by atoms with van der Waals surface area (Å²) in [4.78, 5) is 12.0. The van der Waals surface area contributed by atoms with Crippen LogP contribution in [0.25, 0.3) is 6.08 Å². The Balaban J connectivity index is 2.27. The number of ether oxygens (including phenoxy) is 1. The molecule has 25 heavy (non-hydrogen) atoms. The Morgan fingerprint density at radius 2 is 2.20 bits per heavy atom. The summed E-state index contributed by atoms with van der Waals surface area (Å²) in [5.41, 5.74) is 1.97. The van der Waals surface area contributed by atoms with Gasteiger partial charge in [-0.25, -0.2) is 13.2 Å². The molecule has 0 unspecified atom stereocenters. The zero-order valence-corrected chi connectivity index (χ0v) is 15.6. The third kappa shape index (κ3) is 4.48. The van der Waals surface area contributed by atoms with Gasteiger partial charge in [-0.2, -0.15) is 10.4 Å². The molecule has 0 bridgehead atoms. The van der Waals surface area contributed by atoms with Crippen LogP contribution in [0.3, 0.4) is 0 Å². The van der Waals surface area contributed by atoms with E-state index in [9.17, 15) is 18.5 Å². The Bertz CT molecular complexity index is 831. The monoisotopic (exact) mass is 365 g/mol. The molecule has 1 aliphatic rings. The van der Waals surface area contributed by atoms with Gasteiger partial charge in [0.1, 0.15) is 11.6 Å². The van der Waals surface area contributed by atoms with E-state index in [0.717, 1.165) is 18.5 Å². The molecular formula is C17H23N3O4S. The molecule has 136 valence electrons. The number of aryl methyl sites for hydroxylation is 1. The molecule has 0 radical (unpaired) electrons. The normalized spacial score (nSPS) is 19.6. The summed E-state index contributed by atoms with van der Waals surface area (Å²) in [6.07, 6.45) is 3.65. The Kier molecular flexibility index (Phi) is 6.01. The molecule has 0 spiro atoms. The van der Waals surface area contributed by atoms with Gasteiger partial charge in [-0.1, -0.05) is 13.3 Å². The van der Waals surface area contributed by atoms with Gasteiger partial charge in [0.05, 0.1) is 29.8 Å². The highest BCUT2D eigenvalue weighted by Crippen LogP contribution is 2.27. The van der Waals surface area contributed by atoms with Gasteiger partial charge in [0.2, 0.25) is 0 Å². The molecule has 8 heteroatoms. The van der Waals surface area contributed by atoms with Gasteiger partial charge in [0, 0.05) is 11.3 Å². The summed E-state index contributed by atoms with van der Waals surface area (Å²) in [7, 11) is -3.02. The number of carbonyl (C=O) groups excluding carboxylic acids is 1. The van der Waals surface area contributed by atoms with Crippen LogP contribution < -0.4 is 0 Å². The second-order valence-electron chi connectivity index (χ2n) is 6.25. The van der Waals surface area contributed by atoms with E-state index in [1.54, 1.807) is 11.6 Å². The molecule has 1 atom stereocenters. The van der Waals surface area contributed by atoms with Crippen LogP contribution in [0.2, 0.25) is 0 Å². The maximum absolute atomic E-state index is 12.0. The van der Waals surface area contributed by atoms with Crippen LogP contribution >= 0.6 is 0 Å². The maximum Gasteiger partial charge on any atom is 0.348 e. The van der Waals surface area contributed by atoms with Crippen LogP contribution in [-0.4, -0.2) is 42.3 Å². The molecule has 1 aliphatic heterocycles. The van der Waals surface area contributed by atoms with Crippen molar-refractivity contribution in [1.82, 2.24) is 9.78 Å². The van der Waals surface area contributed by atoms with Gasteiger partial charge >= 0.3 is 5.97 Å². The van der Waals surface area contributed by atoms with Crippen molar-refractivity contribution in [2.75, 3.05) is 18.1 Å². The molecule has 2 rings (SSSR count). The van der Waals surface area contributed by atoms with E-state index >= 15 is 0 Å². The molecule has 0 saturated carbocycles. The average Bonchev–Trinajstić information content (AvgIpc) is 3.05. The van der Waals surface area contributed by atoms with Gasteiger partial charge in [0.25, 0.3) is 0 Å². The Morgan fingerprint density at radius 3 is 2.76 bits per heavy atom. The van der Waals surface area contributed by atoms with Crippen molar-refractivity contribution in [1.29, 1.82) is 5.26 Å². The fourth-order valence-corrected chi connectivity index (χ4v) is 4.57. The van der Waals surface area contributed by atoms with Gasteiger partial charge in [-0.05, 0) is 32.8 Å². The number of hydrogen-bond donors (Lipinski definition) is 0. The molecule has 0 aromatic carbocycles. The van der Waals surface area contributed by atoms with E-state index in [1.165, 1.54) is 6.08 Å². The van der Waals surface area contributed by atoms with Crippen molar-refractivity contribution in [3.05, 3.63) is 22.5 Å². The van der Waals surface area contributed by atoms with Crippen LogP contribution in [0.1, 0.15) is 49.2 Å². The van der Waals surface area contributed by atoms with Crippen molar-refractivity contribution in [3.8, 4) is 6.07 Å². The van der Waals surface area contributed by atoms with Crippen LogP contribution in [-0.2, 0) is 19.4 Å². The van der Waals surface area contributed by atoms with Crippen LogP contribution in [0, 0.1) is 25.2 Å². The number of sulfone groups is 1. The molecule has 7 nitrogen and oxygen atoms in total. The summed E-state index contributed by atoms with van der Waals surface area (Å²) in [6, 6.07) is 1.68. The number of nitrogens with zero attached hydrogens (tertiary/aromatic N) is 3.